The fourth-order valence-electron chi connectivity index (χ4n) is 3.48. The third kappa shape index (κ3) is 3.53. The molecule has 0 bridgehead atoms. The number of fused-ring (bicyclic) bond motifs is 1. The third-order valence-corrected chi connectivity index (χ3v) is 4.97. The summed E-state index contributed by atoms with van der Waals surface area (Å²) in [6.45, 7) is 2.60. The van der Waals surface area contributed by atoms with Gasteiger partial charge < -0.3 is 19.5 Å². The van der Waals surface area contributed by atoms with E-state index >= 15 is 0 Å². The van der Waals surface area contributed by atoms with Crippen LogP contribution in [0.2, 0.25) is 0 Å². The zero-order valence-corrected chi connectivity index (χ0v) is 16.0. The van der Waals surface area contributed by atoms with Crippen molar-refractivity contribution in [3.05, 3.63) is 36.0 Å². The second-order valence-corrected chi connectivity index (χ2v) is 6.77. The van der Waals surface area contributed by atoms with Crippen molar-refractivity contribution in [3.63, 3.8) is 0 Å². The fourth-order valence-corrected chi connectivity index (χ4v) is 3.48. The number of amides is 1. The van der Waals surface area contributed by atoms with E-state index in [9.17, 15) is 9.18 Å². The molecule has 10 heteroatoms. The minimum absolute atomic E-state index is 0.136. The van der Waals surface area contributed by atoms with Crippen LogP contribution in [-0.4, -0.2) is 62.0 Å². The number of hydrogen-bond donors (Lipinski definition) is 1. The van der Waals surface area contributed by atoms with Crippen LogP contribution in [-0.2, 0) is 0 Å². The first kappa shape index (κ1) is 18.9. The van der Waals surface area contributed by atoms with Gasteiger partial charge in [-0.15, -0.1) is 0 Å². The molecule has 0 aliphatic carbocycles. The van der Waals surface area contributed by atoms with E-state index in [0.717, 1.165) is 0 Å². The van der Waals surface area contributed by atoms with E-state index in [4.69, 9.17) is 14.6 Å². The lowest BCUT2D eigenvalue weighted by molar-refractivity contribution is 0.0857. The summed E-state index contributed by atoms with van der Waals surface area (Å²) in [4.78, 5) is 20.9. The summed E-state index contributed by atoms with van der Waals surface area (Å²) in [7, 11) is 1.42. The summed E-state index contributed by atoms with van der Waals surface area (Å²) in [5.74, 6) is 0.175. The molecule has 3 aromatic heterocycles. The molecule has 3 aromatic rings. The Hall–Kier alpha value is -3.43. The predicted octanol–water partition coefficient (Wildman–Crippen LogP) is 2.77. The average molecular weight is 401 g/mol. The van der Waals surface area contributed by atoms with E-state index in [0.29, 0.717) is 48.7 Å². The number of ether oxygens (including phenoxy) is 2. The van der Waals surface area contributed by atoms with Gasteiger partial charge in [0.05, 0.1) is 18.4 Å². The van der Waals surface area contributed by atoms with Gasteiger partial charge in [0.1, 0.15) is 11.9 Å². The molecule has 1 saturated heterocycles. The Kier molecular flexibility index (Phi) is 4.91. The van der Waals surface area contributed by atoms with Gasteiger partial charge in [-0.05, 0) is 6.92 Å². The number of hydrogen-bond acceptors (Lipinski definition) is 6. The van der Waals surface area contributed by atoms with Crippen molar-refractivity contribution in [2.45, 2.75) is 25.9 Å². The zero-order chi connectivity index (χ0) is 20.5. The second-order valence-electron chi connectivity index (χ2n) is 6.77. The van der Waals surface area contributed by atoms with Crippen LogP contribution >= 0.6 is 0 Å². The molecule has 1 aliphatic heterocycles. The van der Waals surface area contributed by atoms with Crippen molar-refractivity contribution in [1.29, 1.82) is 0 Å². The summed E-state index contributed by atoms with van der Waals surface area (Å²) in [5.41, 5.74) is 1.84. The van der Waals surface area contributed by atoms with Crippen LogP contribution in [0.25, 0.3) is 16.8 Å². The highest BCUT2D eigenvalue weighted by atomic mass is 19.1. The number of halogens is 1. The van der Waals surface area contributed by atoms with Gasteiger partial charge in [-0.3, -0.25) is 0 Å². The molecule has 0 spiro atoms. The summed E-state index contributed by atoms with van der Waals surface area (Å²) in [5, 5.41) is 13.6. The van der Waals surface area contributed by atoms with Gasteiger partial charge in [0.2, 0.25) is 11.8 Å². The van der Waals surface area contributed by atoms with Gasteiger partial charge in [0.25, 0.3) is 0 Å². The molecule has 29 heavy (non-hydrogen) atoms. The van der Waals surface area contributed by atoms with E-state index in [2.05, 4.69) is 15.1 Å². The highest BCUT2D eigenvalue weighted by molar-refractivity contribution is 5.80. The van der Waals surface area contributed by atoms with Gasteiger partial charge >= 0.3 is 6.09 Å². The van der Waals surface area contributed by atoms with Crippen LogP contribution in [0.15, 0.2) is 24.5 Å². The number of carbonyl (C=O) groups is 1. The number of nitrogens with zero attached hydrogens (tertiary/aromatic N) is 5. The molecule has 1 N–H and O–H groups in total. The van der Waals surface area contributed by atoms with E-state index in [1.54, 1.807) is 19.2 Å². The first-order valence-electron chi connectivity index (χ1n) is 9.16. The molecular formula is C19H20FN5O4. The SMILES string of the molecule is COc1cc(F)c(-c2c(C)nn3c(OC4CCN(C(=O)O)CC4)ccnc23)cn1. The van der Waals surface area contributed by atoms with Crippen LogP contribution in [0.5, 0.6) is 11.8 Å². The summed E-state index contributed by atoms with van der Waals surface area (Å²) in [6, 6.07) is 2.91. The molecule has 0 radical (unpaired) electrons. The maximum absolute atomic E-state index is 14.6. The van der Waals surface area contributed by atoms with Crippen LogP contribution in [0.4, 0.5) is 9.18 Å². The Morgan fingerprint density at radius 2 is 2.07 bits per heavy atom. The molecule has 1 aliphatic rings. The molecule has 9 nitrogen and oxygen atoms in total. The maximum Gasteiger partial charge on any atom is 0.407 e. The highest BCUT2D eigenvalue weighted by Crippen LogP contribution is 2.32. The number of likely N-dealkylation sites (tertiary alicyclic amines) is 1. The Labute approximate surface area is 165 Å². The van der Waals surface area contributed by atoms with Gasteiger partial charge in [-0.2, -0.15) is 9.61 Å². The molecule has 1 amide bonds. The zero-order valence-electron chi connectivity index (χ0n) is 16.0. The number of carboxylic acid groups (broad SMARTS) is 1. The lowest BCUT2D eigenvalue weighted by Crippen LogP contribution is -2.41. The number of aryl methyl sites for hydroxylation is 1. The predicted molar refractivity (Wildman–Crippen MR) is 101 cm³/mol. The first-order valence-corrected chi connectivity index (χ1v) is 9.16. The molecule has 0 unspecified atom stereocenters. The number of methoxy groups -OCH3 is 1. The Balaban J connectivity index is 1.65. The number of aromatic nitrogens is 4. The van der Waals surface area contributed by atoms with Crippen molar-refractivity contribution in [2.75, 3.05) is 20.2 Å². The molecular weight excluding hydrogens is 381 g/mol. The standard InChI is InChI=1S/C19H20FN5O4/c1-11-17(13-10-22-15(28-2)9-14(13)20)18-21-6-3-16(25(18)23-11)29-12-4-7-24(8-5-12)19(26)27/h3,6,9-10,12H,4-5,7-8H2,1-2H3,(H,26,27). The number of pyridine rings is 1. The smallest absolute Gasteiger partial charge is 0.407 e. The summed E-state index contributed by atoms with van der Waals surface area (Å²) < 4.78 is 27.2. The minimum atomic E-state index is -0.919. The van der Waals surface area contributed by atoms with Crippen LogP contribution < -0.4 is 9.47 Å². The Bertz CT molecular complexity index is 1060. The van der Waals surface area contributed by atoms with E-state index in [1.165, 1.54) is 28.8 Å². The number of rotatable bonds is 4. The molecule has 4 rings (SSSR count). The largest absolute Gasteiger partial charge is 0.481 e. The summed E-state index contributed by atoms with van der Waals surface area (Å²) in [6.07, 6.45) is 3.09. The quantitative estimate of drug-likeness (QED) is 0.717. The van der Waals surface area contributed by atoms with Gasteiger partial charge in [-0.25, -0.2) is 19.2 Å². The maximum atomic E-state index is 14.6. The Morgan fingerprint density at radius 1 is 1.31 bits per heavy atom. The third-order valence-electron chi connectivity index (χ3n) is 4.97. The lowest BCUT2D eigenvalue weighted by Gasteiger charge is -2.30. The van der Waals surface area contributed by atoms with Gasteiger partial charge in [0, 0.05) is 56.0 Å². The molecule has 152 valence electrons. The average Bonchev–Trinajstić information content (AvgIpc) is 3.05. The van der Waals surface area contributed by atoms with Gasteiger partial charge in [0.15, 0.2) is 5.65 Å². The second kappa shape index (κ2) is 7.53. The Morgan fingerprint density at radius 3 is 2.72 bits per heavy atom. The molecule has 0 aromatic carbocycles. The van der Waals surface area contributed by atoms with Crippen LogP contribution in [0, 0.1) is 12.7 Å². The number of piperidine rings is 1. The molecule has 0 atom stereocenters. The fraction of sp³-hybridized carbons (Fsp3) is 0.368. The van der Waals surface area contributed by atoms with Crippen molar-refractivity contribution in [1.82, 2.24) is 24.5 Å². The van der Waals surface area contributed by atoms with E-state index < -0.39 is 11.9 Å². The van der Waals surface area contributed by atoms with Crippen LogP contribution in [0.1, 0.15) is 18.5 Å². The van der Waals surface area contributed by atoms with E-state index in [-0.39, 0.29) is 17.5 Å². The van der Waals surface area contributed by atoms with Gasteiger partial charge in [-0.1, -0.05) is 0 Å². The topological polar surface area (TPSA) is 102 Å². The molecule has 4 heterocycles. The highest BCUT2D eigenvalue weighted by Gasteiger charge is 2.25. The van der Waals surface area contributed by atoms with Crippen molar-refractivity contribution in [2.24, 2.45) is 0 Å². The lowest BCUT2D eigenvalue weighted by atomic mass is 10.1. The molecule has 1 fully saturated rings. The normalized spacial score (nSPS) is 14.9. The van der Waals surface area contributed by atoms with Crippen molar-refractivity contribution >= 4 is 11.7 Å². The summed E-state index contributed by atoms with van der Waals surface area (Å²) >= 11 is 0. The van der Waals surface area contributed by atoms with Crippen molar-refractivity contribution < 1.29 is 23.8 Å². The monoisotopic (exact) mass is 401 g/mol. The minimum Gasteiger partial charge on any atom is -0.481 e. The first-order chi connectivity index (χ1) is 14.0. The van der Waals surface area contributed by atoms with E-state index in [1.807, 2.05) is 0 Å². The molecule has 0 saturated carbocycles. The van der Waals surface area contributed by atoms with Crippen molar-refractivity contribution in [3.8, 4) is 22.9 Å². The van der Waals surface area contributed by atoms with Crippen LogP contribution in [0.3, 0.4) is 0 Å².